The van der Waals surface area contributed by atoms with Gasteiger partial charge in [-0.05, 0) is 44.2 Å². The average Bonchev–Trinajstić information content (AvgIpc) is 3.07. The monoisotopic (exact) mass is 329 g/mol. The summed E-state index contributed by atoms with van der Waals surface area (Å²) in [5.41, 5.74) is 1.68. The lowest BCUT2D eigenvalue weighted by Gasteiger charge is -2.58. The van der Waals surface area contributed by atoms with Crippen LogP contribution in [0.2, 0.25) is 0 Å². The molecule has 5 rings (SSSR count). The molecule has 2 aromatic heterocycles. The van der Waals surface area contributed by atoms with E-state index in [2.05, 4.69) is 9.97 Å². The molecule has 120 valence electrons. The number of amides is 1. The summed E-state index contributed by atoms with van der Waals surface area (Å²) >= 11 is 1.50. The highest BCUT2D eigenvalue weighted by molar-refractivity contribution is 7.13. The zero-order valence-corrected chi connectivity index (χ0v) is 13.8. The standard InChI is InChI=1S/C17H19N3O2S/c1-11-2-3-13(15-18-5-7-23-15)14(19-11)16(22)20-6-4-12-8-17(20,9-12)10-21/h2-3,5,7,12,21H,4,6,8-10H2,1H3. The molecule has 0 spiro atoms. The molecule has 4 heterocycles. The maximum Gasteiger partial charge on any atom is 0.273 e. The lowest BCUT2D eigenvalue weighted by atomic mass is 9.63. The minimum atomic E-state index is -0.369. The number of nitrogens with zero attached hydrogens (tertiary/aromatic N) is 3. The summed E-state index contributed by atoms with van der Waals surface area (Å²) in [5, 5.41) is 12.5. The van der Waals surface area contributed by atoms with Gasteiger partial charge in [-0.15, -0.1) is 11.3 Å². The van der Waals surface area contributed by atoms with Crippen molar-refractivity contribution < 1.29 is 9.90 Å². The van der Waals surface area contributed by atoms with E-state index in [1.54, 1.807) is 6.20 Å². The SMILES string of the molecule is Cc1ccc(-c2nccs2)c(C(=O)N2CCC3CC2(CO)C3)n1. The highest BCUT2D eigenvalue weighted by Crippen LogP contribution is 2.49. The smallest absolute Gasteiger partial charge is 0.273 e. The van der Waals surface area contributed by atoms with Gasteiger partial charge in [0, 0.05) is 29.4 Å². The summed E-state index contributed by atoms with van der Waals surface area (Å²) in [5.74, 6) is 0.584. The molecule has 0 radical (unpaired) electrons. The first-order valence-corrected chi connectivity index (χ1v) is 8.81. The molecule has 2 saturated heterocycles. The number of hydrogen-bond acceptors (Lipinski definition) is 5. The predicted molar refractivity (Wildman–Crippen MR) is 88.3 cm³/mol. The normalized spacial score (nSPS) is 26.0. The second-order valence-electron chi connectivity index (χ2n) is 6.59. The third-order valence-electron chi connectivity index (χ3n) is 5.11. The Morgan fingerprint density at radius 2 is 2.30 bits per heavy atom. The first-order chi connectivity index (χ1) is 11.1. The van der Waals surface area contributed by atoms with Gasteiger partial charge in [-0.2, -0.15) is 0 Å². The molecule has 6 heteroatoms. The average molecular weight is 329 g/mol. The maximum absolute atomic E-state index is 13.2. The third kappa shape index (κ3) is 2.28. The number of aliphatic hydroxyl groups is 1. The van der Waals surface area contributed by atoms with Crippen molar-refractivity contribution in [1.82, 2.24) is 14.9 Å². The summed E-state index contributed by atoms with van der Waals surface area (Å²) in [7, 11) is 0. The maximum atomic E-state index is 13.2. The van der Waals surface area contributed by atoms with Crippen LogP contribution in [0.4, 0.5) is 0 Å². The van der Waals surface area contributed by atoms with Crippen LogP contribution in [0.25, 0.3) is 10.6 Å². The Balaban J connectivity index is 1.75. The Morgan fingerprint density at radius 1 is 1.48 bits per heavy atom. The van der Waals surface area contributed by atoms with E-state index in [9.17, 15) is 9.90 Å². The minimum Gasteiger partial charge on any atom is -0.394 e. The summed E-state index contributed by atoms with van der Waals surface area (Å²) in [6.07, 6.45) is 4.58. The minimum absolute atomic E-state index is 0.0354. The first kappa shape index (κ1) is 14.8. The van der Waals surface area contributed by atoms with Gasteiger partial charge in [-0.1, -0.05) is 0 Å². The van der Waals surface area contributed by atoms with Gasteiger partial charge in [0.05, 0.1) is 12.1 Å². The van der Waals surface area contributed by atoms with Crippen LogP contribution in [0, 0.1) is 12.8 Å². The molecule has 0 aromatic carbocycles. The number of rotatable bonds is 3. The Kier molecular flexibility index (Phi) is 3.46. The largest absolute Gasteiger partial charge is 0.394 e. The van der Waals surface area contributed by atoms with Crippen LogP contribution in [0.15, 0.2) is 23.7 Å². The van der Waals surface area contributed by atoms with Crippen LogP contribution in [-0.4, -0.2) is 44.6 Å². The van der Waals surface area contributed by atoms with Crippen molar-refractivity contribution >= 4 is 17.2 Å². The summed E-state index contributed by atoms with van der Waals surface area (Å²) in [4.78, 5) is 23.9. The molecule has 0 atom stereocenters. The van der Waals surface area contributed by atoms with E-state index in [-0.39, 0.29) is 18.1 Å². The summed E-state index contributed by atoms with van der Waals surface area (Å²) in [6, 6.07) is 3.83. The van der Waals surface area contributed by atoms with Crippen molar-refractivity contribution in [3.63, 3.8) is 0 Å². The van der Waals surface area contributed by atoms with Gasteiger partial charge in [0.25, 0.3) is 5.91 Å². The molecule has 1 aliphatic carbocycles. The Bertz CT molecular complexity index is 738. The van der Waals surface area contributed by atoms with Crippen LogP contribution in [0.1, 0.15) is 35.4 Å². The molecular formula is C17H19N3O2S. The second-order valence-corrected chi connectivity index (χ2v) is 7.48. The molecule has 2 aromatic rings. The van der Waals surface area contributed by atoms with Crippen molar-refractivity contribution in [3.05, 3.63) is 35.1 Å². The van der Waals surface area contributed by atoms with Gasteiger partial charge in [-0.25, -0.2) is 9.97 Å². The fraction of sp³-hybridized carbons (Fsp3) is 0.471. The van der Waals surface area contributed by atoms with Crippen molar-refractivity contribution in [2.75, 3.05) is 13.2 Å². The van der Waals surface area contributed by atoms with Crippen LogP contribution < -0.4 is 0 Å². The van der Waals surface area contributed by atoms with Crippen molar-refractivity contribution in [2.45, 2.75) is 31.7 Å². The zero-order valence-electron chi connectivity index (χ0n) is 13.0. The van der Waals surface area contributed by atoms with Crippen molar-refractivity contribution in [1.29, 1.82) is 0 Å². The van der Waals surface area contributed by atoms with Gasteiger partial charge in [-0.3, -0.25) is 4.79 Å². The lowest BCUT2D eigenvalue weighted by molar-refractivity contribution is -0.0852. The van der Waals surface area contributed by atoms with Gasteiger partial charge >= 0.3 is 0 Å². The molecule has 5 nitrogen and oxygen atoms in total. The Morgan fingerprint density at radius 3 is 3.00 bits per heavy atom. The topological polar surface area (TPSA) is 66.3 Å². The summed E-state index contributed by atoms with van der Waals surface area (Å²) in [6.45, 7) is 2.63. The number of hydrogen-bond donors (Lipinski definition) is 1. The number of aryl methyl sites for hydroxylation is 1. The van der Waals surface area contributed by atoms with E-state index in [1.807, 2.05) is 29.3 Å². The number of aromatic nitrogens is 2. The molecule has 1 N–H and O–H groups in total. The molecule has 3 aliphatic rings. The van der Waals surface area contributed by atoms with E-state index in [4.69, 9.17) is 0 Å². The van der Waals surface area contributed by atoms with E-state index < -0.39 is 0 Å². The zero-order chi connectivity index (χ0) is 16.0. The van der Waals surface area contributed by atoms with Crippen LogP contribution in [0.5, 0.6) is 0 Å². The summed E-state index contributed by atoms with van der Waals surface area (Å²) < 4.78 is 0. The molecular weight excluding hydrogens is 310 g/mol. The highest BCUT2D eigenvalue weighted by Gasteiger charge is 2.53. The molecule has 2 aliphatic heterocycles. The lowest BCUT2D eigenvalue weighted by Crippen LogP contribution is -2.66. The second kappa shape index (κ2) is 5.39. The fourth-order valence-electron chi connectivity index (χ4n) is 3.90. The van der Waals surface area contributed by atoms with Crippen molar-refractivity contribution in [3.8, 4) is 10.6 Å². The number of aliphatic hydroxyl groups excluding tert-OH is 1. The molecule has 2 bridgehead atoms. The predicted octanol–water partition coefficient (Wildman–Crippen LogP) is 2.50. The number of piperidine rings is 2. The molecule has 1 saturated carbocycles. The quantitative estimate of drug-likeness (QED) is 0.939. The number of fused-ring (bicyclic) bond motifs is 2. The number of pyridine rings is 1. The van der Waals surface area contributed by atoms with E-state index in [0.29, 0.717) is 18.2 Å². The van der Waals surface area contributed by atoms with Crippen LogP contribution in [-0.2, 0) is 0 Å². The van der Waals surface area contributed by atoms with Gasteiger partial charge < -0.3 is 10.0 Å². The van der Waals surface area contributed by atoms with Crippen LogP contribution >= 0.6 is 11.3 Å². The fourth-order valence-corrected chi connectivity index (χ4v) is 4.56. The van der Waals surface area contributed by atoms with Crippen LogP contribution in [0.3, 0.4) is 0 Å². The van der Waals surface area contributed by atoms with Crippen molar-refractivity contribution in [2.24, 2.45) is 5.92 Å². The number of carbonyl (C=O) groups excluding carboxylic acids is 1. The number of thiazole rings is 1. The first-order valence-electron chi connectivity index (χ1n) is 7.93. The molecule has 3 fully saturated rings. The number of carbonyl (C=O) groups is 1. The molecule has 1 amide bonds. The Labute approximate surface area is 139 Å². The molecule has 0 unspecified atom stereocenters. The van der Waals surface area contributed by atoms with Gasteiger partial charge in [0.1, 0.15) is 10.7 Å². The van der Waals surface area contributed by atoms with Gasteiger partial charge in [0.2, 0.25) is 0 Å². The van der Waals surface area contributed by atoms with E-state index in [0.717, 1.165) is 35.5 Å². The third-order valence-corrected chi connectivity index (χ3v) is 5.92. The Hall–Kier alpha value is -1.79. The molecule has 23 heavy (non-hydrogen) atoms. The van der Waals surface area contributed by atoms with E-state index in [1.165, 1.54) is 11.3 Å². The van der Waals surface area contributed by atoms with Gasteiger partial charge in [0.15, 0.2) is 0 Å². The highest BCUT2D eigenvalue weighted by atomic mass is 32.1. The van der Waals surface area contributed by atoms with E-state index >= 15 is 0 Å².